The van der Waals surface area contributed by atoms with Gasteiger partial charge in [0.05, 0.1) is 0 Å². The smallest absolute Gasteiger partial charge is 0.813 e. The van der Waals surface area contributed by atoms with Gasteiger partial charge in [-0.25, -0.2) is 0 Å². The molecule has 0 aliphatic heterocycles. The van der Waals surface area contributed by atoms with Crippen LogP contribution < -0.4 is 64.2 Å². The number of hydrogen-bond donors (Lipinski definition) is 0. The molecule has 0 saturated carbocycles. The van der Waals surface area contributed by atoms with E-state index in [4.69, 9.17) is 0 Å². The van der Waals surface area contributed by atoms with Crippen LogP contribution in [0.2, 0.25) is 0 Å². The van der Waals surface area contributed by atoms with Gasteiger partial charge in [-0.2, -0.15) is 0 Å². The first-order chi connectivity index (χ1) is 2.27. The summed E-state index contributed by atoms with van der Waals surface area (Å²) in [6.07, 6.45) is -0.139. The normalized spacial score (nSPS) is 4.62. The fraction of sp³-hybridized carbons (Fsp3) is 0.333. The molecular formula is C3H5Na2O2S-. The van der Waals surface area contributed by atoms with Crippen molar-refractivity contribution in [3.8, 4) is 0 Å². The van der Waals surface area contributed by atoms with E-state index in [0.717, 1.165) is 0 Å². The summed E-state index contributed by atoms with van der Waals surface area (Å²) in [7, 11) is 0. The Hall–Kier alpha value is 1.82. The second kappa shape index (κ2) is 15.9. The standard InChI is InChI=1S/C3H5O2.2Na.H2S/c1-2-3(4)5;;;/h1-2H2,(H,4,5);;;1H2/q-1;2*+1;/p-2. The predicted molar refractivity (Wildman–Crippen MR) is 23.7 cm³/mol. The van der Waals surface area contributed by atoms with Crippen LogP contribution in [-0.4, -0.2) is 5.97 Å². The van der Waals surface area contributed by atoms with Crippen molar-refractivity contribution in [2.24, 2.45) is 0 Å². The molecule has 0 amide bonds. The molecule has 0 heterocycles. The molecule has 0 saturated heterocycles. The van der Waals surface area contributed by atoms with Crippen LogP contribution in [0.5, 0.6) is 0 Å². The third-order valence-corrected chi connectivity index (χ3v) is 0.204. The summed E-state index contributed by atoms with van der Waals surface area (Å²) in [6.45, 7) is 3.02. The van der Waals surface area contributed by atoms with Gasteiger partial charge in [-0.05, 0) is 0 Å². The Morgan fingerprint density at radius 3 is 1.62 bits per heavy atom. The van der Waals surface area contributed by atoms with Gasteiger partial charge in [-0.15, -0.1) is 6.42 Å². The molecule has 0 aromatic carbocycles. The molecule has 0 radical (unpaired) electrons. The van der Waals surface area contributed by atoms with Crippen LogP contribution in [0.3, 0.4) is 0 Å². The SMILES string of the molecule is [CH2-]CC(=O)[O-].[Na+].[Na+].[SH-]. The molecule has 38 valence electrons. The second-order valence-corrected chi connectivity index (χ2v) is 0.622. The van der Waals surface area contributed by atoms with E-state index in [-0.39, 0.29) is 79.0 Å². The molecule has 5 heteroatoms. The van der Waals surface area contributed by atoms with Gasteiger partial charge < -0.3 is 30.3 Å². The molecule has 2 nitrogen and oxygen atoms in total. The third-order valence-electron chi connectivity index (χ3n) is 0.204. The van der Waals surface area contributed by atoms with Crippen molar-refractivity contribution in [1.29, 1.82) is 0 Å². The van der Waals surface area contributed by atoms with Crippen molar-refractivity contribution >= 4 is 19.5 Å². The summed E-state index contributed by atoms with van der Waals surface area (Å²) in [5, 5.41) is 9.19. The number of thiol groups is 1. The van der Waals surface area contributed by atoms with Crippen LogP contribution in [0.25, 0.3) is 0 Å². The van der Waals surface area contributed by atoms with Crippen LogP contribution in [0.1, 0.15) is 6.42 Å². The Labute approximate surface area is 100 Å². The molecule has 0 rings (SSSR count). The van der Waals surface area contributed by atoms with E-state index >= 15 is 0 Å². The minimum absolute atomic E-state index is 0. The van der Waals surface area contributed by atoms with E-state index in [1.807, 2.05) is 0 Å². The van der Waals surface area contributed by atoms with E-state index in [2.05, 4.69) is 6.92 Å². The molecule has 0 aliphatic carbocycles. The number of aliphatic carboxylic acids is 1. The average molecular weight is 151 g/mol. The topological polar surface area (TPSA) is 40.1 Å². The van der Waals surface area contributed by atoms with Crippen molar-refractivity contribution in [1.82, 2.24) is 0 Å². The summed E-state index contributed by atoms with van der Waals surface area (Å²) in [5.74, 6) is -1.11. The van der Waals surface area contributed by atoms with Crippen molar-refractivity contribution in [3.63, 3.8) is 0 Å². The van der Waals surface area contributed by atoms with Crippen molar-refractivity contribution in [2.75, 3.05) is 0 Å². The maximum atomic E-state index is 9.19. The molecule has 0 aromatic heterocycles. The minimum Gasteiger partial charge on any atom is -0.813 e. The van der Waals surface area contributed by atoms with Gasteiger partial charge in [0.2, 0.25) is 0 Å². The molecule has 8 heavy (non-hydrogen) atoms. The summed E-state index contributed by atoms with van der Waals surface area (Å²) >= 11 is 0. The molecule has 0 atom stereocenters. The summed E-state index contributed by atoms with van der Waals surface area (Å²) in [5.41, 5.74) is 0. The van der Waals surface area contributed by atoms with Crippen molar-refractivity contribution in [2.45, 2.75) is 6.42 Å². The zero-order chi connectivity index (χ0) is 4.28. The summed E-state index contributed by atoms with van der Waals surface area (Å²) < 4.78 is 0. The Morgan fingerprint density at radius 2 is 1.62 bits per heavy atom. The van der Waals surface area contributed by atoms with Gasteiger partial charge in [-0.1, -0.05) is 0 Å². The van der Waals surface area contributed by atoms with Crippen molar-refractivity contribution < 1.29 is 69.0 Å². The molecule has 0 N–H and O–H groups in total. The number of carboxylic acids is 1. The number of rotatable bonds is 1. The van der Waals surface area contributed by atoms with Gasteiger partial charge in [-0.3, -0.25) is 0 Å². The first kappa shape index (κ1) is 22.6. The van der Waals surface area contributed by atoms with E-state index < -0.39 is 5.97 Å². The van der Waals surface area contributed by atoms with Crippen LogP contribution in [0.15, 0.2) is 0 Å². The zero-order valence-corrected chi connectivity index (χ0v) is 10.1. The Balaban J connectivity index is -0.0000000267. The summed E-state index contributed by atoms with van der Waals surface area (Å²) in [4.78, 5) is 9.19. The Morgan fingerprint density at radius 1 is 1.50 bits per heavy atom. The molecule has 0 fully saturated rings. The molecule has 0 unspecified atom stereocenters. The van der Waals surface area contributed by atoms with Gasteiger partial charge in [0.15, 0.2) is 0 Å². The molecule has 0 aliphatic rings. The fourth-order valence-electron chi connectivity index (χ4n) is 0. The molecular weight excluding hydrogens is 146 g/mol. The third kappa shape index (κ3) is 24.9. The first-order valence-electron chi connectivity index (χ1n) is 1.26. The number of carbonyl (C=O) groups is 1. The van der Waals surface area contributed by atoms with Gasteiger partial charge in [0, 0.05) is 5.97 Å². The molecule has 0 bridgehead atoms. The Bertz CT molecular complexity index is 50.5. The van der Waals surface area contributed by atoms with E-state index in [0.29, 0.717) is 0 Å². The second-order valence-electron chi connectivity index (χ2n) is 0.622. The Kier molecular flexibility index (Phi) is 44.9. The predicted octanol–water partition coefficient (Wildman–Crippen LogP) is -7.30. The minimum atomic E-state index is -1.11. The van der Waals surface area contributed by atoms with Crippen molar-refractivity contribution in [3.05, 3.63) is 6.92 Å². The number of carbonyl (C=O) groups excluding carboxylic acids is 1. The van der Waals surface area contributed by atoms with Crippen LogP contribution in [0.4, 0.5) is 0 Å². The number of hydrogen-bond acceptors (Lipinski definition) is 3. The maximum Gasteiger partial charge on any atom is 1.00 e. The van der Waals surface area contributed by atoms with E-state index in [1.54, 1.807) is 0 Å². The molecule has 0 aromatic rings. The maximum absolute atomic E-state index is 9.19. The average Bonchev–Trinajstić information content (AvgIpc) is 1.38. The van der Waals surface area contributed by atoms with Gasteiger partial charge in [0.25, 0.3) is 0 Å². The fourth-order valence-corrected chi connectivity index (χ4v) is 0. The zero-order valence-electron chi connectivity index (χ0n) is 5.18. The van der Waals surface area contributed by atoms with Crippen LogP contribution in [-0.2, 0) is 18.3 Å². The summed E-state index contributed by atoms with van der Waals surface area (Å²) in [6, 6.07) is 0. The van der Waals surface area contributed by atoms with Crippen LogP contribution >= 0.6 is 0 Å². The first-order valence-corrected chi connectivity index (χ1v) is 1.26. The van der Waals surface area contributed by atoms with E-state index in [1.165, 1.54) is 0 Å². The number of carboxylic acid groups (broad SMARTS) is 1. The monoisotopic (exact) mass is 151 g/mol. The molecule has 0 spiro atoms. The van der Waals surface area contributed by atoms with Crippen LogP contribution in [0, 0.1) is 6.92 Å². The van der Waals surface area contributed by atoms with Gasteiger partial charge >= 0.3 is 59.1 Å². The van der Waals surface area contributed by atoms with Gasteiger partial charge in [0.1, 0.15) is 0 Å². The van der Waals surface area contributed by atoms with E-state index in [9.17, 15) is 9.90 Å². The largest absolute Gasteiger partial charge is 1.00 e. The quantitative estimate of drug-likeness (QED) is 0.162.